The van der Waals surface area contributed by atoms with Crippen LogP contribution in [0.1, 0.15) is 52.3 Å². The number of nitrogens with zero attached hydrogens (tertiary/aromatic N) is 2. The van der Waals surface area contributed by atoms with Gasteiger partial charge in [-0.25, -0.2) is 4.79 Å². The first kappa shape index (κ1) is 25.7. The summed E-state index contributed by atoms with van der Waals surface area (Å²) in [5, 5.41) is 27.3. The second-order valence-electron chi connectivity index (χ2n) is 7.67. The van der Waals surface area contributed by atoms with Gasteiger partial charge < -0.3 is 35.2 Å². The molecule has 11 nitrogen and oxygen atoms in total. The van der Waals surface area contributed by atoms with Crippen molar-refractivity contribution in [1.29, 1.82) is 0 Å². The van der Waals surface area contributed by atoms with Crippen LogP contribution >= 0.6 is 7.60 Å². The molecule has 0 amide bonds. The second-order valence-corrected chi connectivity index (χ2v) is 9.99. The van der Waals surface area contributed by atoms with E-state index in [1.54, 1.807) is 20.8 Å². The Kier molecular flexibility index (Phi) is 8.56. The van der Waals surface area contributed by atoms with Crippen LogP contribution in [0.15, 0.2) is 11.0 Å². The normalized spacial score (nSPS) is 18.7. The molecule has 0 radical (unpaired) electrons. The highest BCUT2D eigenvalue weighted by atomic mass is 31.2. The molecule has 0 spiro atoms. The van der Waals surface area contributed by atoms with Crippen LogP contribution in [0.5, 0.6) is 0 Å². The monoisotopic (exact) mass is 437 g/mol. The Balaban J connectivity index is 2.99. The first-order chi connectivity index (χ1) is 13.2. The van der Waals surface area contributed by atoms with Crippen molar-refractivity contribution in [2.45, 2.75) is 70.7 Å². The van der Waals surface area contributed by atoms with E-state index in [1.165, 1.54) is 20.0 Å². The molecule has 1 rings (SSSR count). The molecule has 0 bridgehead atoms. The van der Waals surface area contributed by atoms with Crippen LogP contribution in [-0.2, 0) is 13.8 Å². The van der Waals surface area contributed by atoms with Gasteiger partial charge in [-0.3, -0.25) is 9.13 Å². The van der Waals surface area contributed by atoms with E-state index >= 15 is 0 Å². The third kappa shape index (κ3) is 6.58. The van der Waals surface area contributed by atoms with E-state index in [4.69, 9.17) is 15.0 Å². The molecule has 6 N–H and O–H groups in total. The summed E-state index contributed by atoms with van der Waals surface area (Å²) < 4.78 is 24.3. The third-order valence-electron chi connectivity index (χ3n) is 4.67. The number of hydrogen-bond donors (Lipinski definition) is 5. The number of nitrogens with two attached hydrogens (primary N) is 1. The molecule has 0 aliphatic heterocycles. The number of aliphatic hydroxyl groups is 3. The molecule has 168 valence electrons. The largest absolute Gasteiger partial charge is 0.394 e. The number of aliphatic hydroxyl groups excluding tert-OH is 2. The summed E-state index contributed by atoms with van der Waals surface area (Å²) in [7, 11) is -4.35. The molecule has 0 saturated carbocycles. The third-order valence-corrected chi connectivity index (χ3v) is 6.74. The van der Waals surface area contributed by atoms with E-state index in [0.717, 1.165) is 4.57 Å². The van der Waals surface area contributed by atoms with Crippen molar-refractivity contribution in [3.63, 3.8) is 0 Å². The summed E-state index contributed by atoms with van der Waals surface area (Å²) in [5.41, 5.74) is 4.20. The zero-order valence-electron chi connectivity index (χ0n) is 17.4. The smallest absolute Gasteiger partial charge is 0.359 e. The molecule has 1 aromatic heterocycles. The number of aromatic nitrogens is 2. The fourth-order valence-corrected chi connectivity index (χ4v) is 3.36. The fourth-order valence-electron chi connectivity index (χ4n) is 2.32. The van der Waals surface area contributed by atoms with Gasteiger partial charge in [-0.2, -0.15) is 4.98 Å². The van der Waals surface area contributed by atoms with Crippen molar-refractivity contribution in [1.82, 2.24) is 9.55 Å². The van der Waals surface area contributed by atoms with Gasteiger partial charge in [0.05, 0.1) is 18.8 Å². The Hall–Kier alpha value is -1.33. The van der Waals surface area contributed by atoms with Crippen LogP contribution in [0, 0.1) is 6.92 Å². The molecule has 0 fully saturated rings. The molecule has 2 unspecified atom stereocenters. The lowest BCUT2D eigenvalue weighted by Gasteiger charge is -2.35. The van der Waals surface area contributed by atoms with Crippen LogP contribution in [-0.4, -0.2) is 60.0 Å². The molecule has 29 heavy (non-hydrogen) atoms. The Morgan fingerprint density at radius 1 is 1.38 bits per heavy atom. The number of ether oxygens (including phenoxy) is 1. The summed E-state index contributed by atoms with van der Waals surface area (Å²) in [5.74, 6) is 0.0424. The van der Waals surface area contributed by atoms with Crippen LogP contribution in [0.25, 0.3) is 0 Å². The van der Waals surface area contributed by atoms with Gasteiger partial charge in [0.2, 0.25) is 0 Å². The maximum Gasteiger partial charge on any atom is 0.359 e. The average Bonchev–Trinajstić information content (AvgIpc) is 2.60. The van der Waals surface area contributed by atoms with E-state index in [-0.39, 0.29) is 18.8 Å². The zero-order chi connectivity index (χ0) is 22.6. The van der Waals surface area contributed by atoms with Gasteiger partial charge in [-0.15, -0.1) is 0 Å². The predicted molar refractivity (Wildman–Crippen MR) is 106 cm³/mol. The summed E-state index contributed by atoms with van der Waals surface area (Å²) in [6.45, 7) is 6.54. The van der Waals surface area contributed by atoms with Crippen LogP contribution in [0.3, 0.4) is 0 Å². The van der Waals surface area contributed by atoms with Crippen molar-refractivity contribution in [2.24, 2.45) is 0 Å². The fraction of sp³-hybridized carbons (Fsp3) is 0.765. The highest BCUT2D eigenvalue weighted by Gasteiger charge is 2.44. The van der Waals surface area contributed by atoms with E-state index in [2.05, 4.69) is 4.98 Å². The van der Waals surface area contributed by atoms with Gasteiger partial charge in [0.1, 0.15) is 11.9 Å². The number of nitrogen functional groups attached to an aromatic ring is 1. The minimum atomic E-state index is -4.35. The van der Waals surface area contributed by atoms with Crippen LogP contribution in [0.2, 0.25) is 0 Å². The molecule has 0 aliphatic carbocycles. The lowest BCUT2D eigenvalue weighted by molar-refractivity contribution is -0.110. The van der Waals surface area contributed by atoms with Gasteiger partial charge in [0, 0.05) is 18.2 Å². The first-order valence-electron chi connectivity index (χ1n) is 9.19. The standard InChI is InChI=1S/C17H32N3O8P/c1-6-17(5,28-29(25,26)16(3,4)24)7-8-27-14(12(22)10-21)20-9-11(2)13(18)19-15(20)23/h9,12,14,21-22,24H,6-8,10H2,1-5H3,(H,25,26)(H2,18,19,23)/t12-,14-,17?/m1/s1. The molecule has 1 heterocycles. The van der Waals surface area contributed by atoms with Crippen LogP contribution in [0.4, 0.5) is 5.82 Å². The topological polar surface area (TPSA) is 177 Å². The Morgan fingerprint density at radius 2 is 1.97 bits per heavy atom. The van der Waals surface area contributed by atoms with Gasteiger partial charge in [0.25, 0.3) is 0 Å². The quantitative estimate of drug-likeness (QED) is 0.306. The molecule has 0 aromatic carbocycles. The van der Waals surface area contributed by atoms with Crippen molar-refractivity contribution in [3.8, 4) is 0 Å². The van der Waals surface area contributed by atoms with Gasteiger partial charge in [-0.05, 0) is 34.1 Å². The van der Waals surface area contributed by atoms with Gasteiger partial charge in [0.15, 0.2) is 11.6 Å². The molecule has 0 saturated heterocycles. The molecule has 4 atom stereocenters. The van der Waals surface area contributed by atoms with Crippen molar-refractivity contribution >= 4 is 13.4 Å². The van der Waals surface area contributed by atoms with Gasteiger partial charge >= 0.3 is 13.3 Å². The van der Waals surface area contributed by atoms with Crippen molar-refractivity contribution in [2.75, 3.05) is 18.9 Å². The first-order valence-corrected chi connectivity index (χ1v) is 10.8. The predicted octanol–water partition coefficient (Wildman–Crippen LogP) is 0.492. The number of hydrogen-bond acceptors (Lipinski definition) is 9. The molecule has 1 aromatic rings. The average molecular weight is 437 g/mol. The number of rotatable bonds is 11. The van der Waals surface area contributed by atoms with E-state index in [1.807, 2.05) is 0 Å². The van der Waals surface area contributed by atoms with Gasteiger partial charge in [-0.1, -0.05) is 6.92 Å². The van der Waals surface area contributed by atoms with E-state index < -0.39 is 43.2 Å². The van der Waals surface area contributed by atoms with Crippen molar-refractivity contribution < 1.29 is 34.0 Å². The molecular formula is C17H32N3O8P. The highest BCUT2D eigenvalue weighted by Crippen LogP contribution is 2.57. The highest BCUT2D eigenvalue weighted by molar-refractivity contribution is 7.54. The molecular weight excluding hydrogens is 405 g/mol. The van der Waals surface area contributed by atoms with E-state index in [0.29, 0.717) is 12.0 Å². The maximum atomic E-state index is 12.3. The summed E-state index contributed by atoms with van der Waals surface area (Å²) in [4.78, 5) is 25.8. The number of anilines is 1. The van der Waals surface area contributed by atoms with Crippen LogP contribution < -0.4 is 11.4 Å². The summed E-state index contributed by atoms with van der Waals surface area (Å²) >= 11 is 0. The minimum absolute atomic E-state index is 0.0424. The SMILES string of the molecule is CCC(C)(CCO[C@H]([C@H](O)CO)n1cc(C)c(N)nc1=O)OP(=O)(O)C(C)(C)O. The second kappa shape index (κ2) is 9.65. The van der Waals surface area contributed by atoms with E-state index in [9.17, 15) is 29.6 Å². The summed E-state index contributed by atoms with van der Waals surface area (Å²) in [6, 6.07) is 0. The number of aryl methyl sites for hydroxylation is 1. The van der Waals surface area contributed by atoms with Crippen molar-refractivity contribution in [3.05, 3.63) is 22.2 Å². The maximum absolute atomic E-state index is 12.3. The summed E-state index contributed by atoms with van der Waals surface area (Å²) in [6.07, 6.45) is -0.885. The lowest BCUT2D eigenvalue weighted by atomic mass is 10.0. The lowest BCUT2D eigenvalue weighted by Crippen LogP contribution is -2.39. The minimum Gasteiger partial charge on any atom is -0.394 e. The Bertz CT molecular complexity index is 794. The Morgan fingerprint density at radius 3 is 2.45 bits per heavy atom. The Labute approximate surface area is 169 Å². The zero-order valence-corrected chi connectivity index (χ0v) is 18.3. The molecule has 0 aliphatic rings. The molecule has 12 heteroatoms.